The molecule has 5 nitrogen and oxygen atoms in total. The van der Waals surface area contributed by atoms with Gasteiger partial charge in [-0.3, -0.25) is 4.79 Å². The summed E-state index contributed by atoms with van der Waals surface area (Å²) in [6, 6.07) is 13.2. The third-order valence-corrected chi connectivity index (χ3v) is 7.26. The number of halogens is 2. The summed E-state index contributed by atoms with van der Waals surface area (Å²) in [5.41, 5.74) is 2.83. The van der Waals surface area contributed by atoms with Gasteiger partial charge in [-0.05, 0) is 49.6 Å². The molecular formula is C24H24Cl2N4OS. The molecule has 0 radical (unpaired) electrons. The average Bonchev–Trinajstić information content (AvgIpc) is 3.41. The quantitative estimate of drug-likeness (QED) is 0.288. The van der Waals surface area contributed by atoms with Crippen molar-refractivity contribution in [2.75, 3.05) is 6.54 Å². The number of benzene rings is 2. The fourth-order valence-corrected chi connectivity index (χ4v) is 5.17. The molecule has 0 spiro atoms. The van der Waals surface area contributed by atoms with Crippen molar-refractivity contribution in [1.82, 2.24) is 19.7 Å². The Hall–Kier alpha value is -2.28. The monoisotopic (exact) mass is 486 g/mol. The number of hydrogen-bond acceptors (Lipinski definition) is 4. The van der Waals surface area contributed by atoms with Crippen LogP contribution in [-0.4, -0.2) is 32.1 Å². The number of rotatable bonds is 7. The van der Waals surface area contributed by atoms with Gasteiger partial charge >= 0.3 is 0 Å². The largest absolute Gasteiger partial charge is 0.328 e. The van der Waals surface area contributed by atoms with Gasteiger partial charge in [0.15, 0.2) is 11.0 Å². The van der Waals surface area contributed by atoms with Crippen LogP contribution in [0.2, 0.25) is 10.0 Å². The highest BCUT2D eigenvalue weighted by Crippen LogP contribution is 2.35. The first-order valence-electron chi connectivity index (χ1n) is 10.5. The predicted octanol–water partition coefficient (Wildman–Crippen LogP) is 6.35. The maximum absolute atomic E-state index is 13.2. The Balaban J connectivity index is 1.57. The average molecular weight is 487 g/mol. The van der Waals surface area contributed by atoms with Crippen molar-refractivity contribution in [3.8, 4) is 0 Å². The second-order valence-electron chi connectivity index (χ2n) is 7.80. The molecule has 1 fully saturated rings. The molecule has 4 rings (SSSR count). The Morgan fingerprint density at radius 1 is 1.22 bits per heavy atom. The number of nitrogens with zero attached hydrogens (tertiary/aromatic N) is 4. The van der Waals surface area contributed by atoms with Crippen molar-refractivity contribution < 1.29 is 4.79 Å². The van der Waals surface area contributed by atoms with Crippen molar-refractivity contribution in [3.05, 3.63) is 87.7 Å². The molecule has 8 heteroatoms. The molecular weight excluding hydrogens is 463 g/mol. The van der Waals surface area contributed by atoms with Crippen LogP contribution in [0, 0.1) is 6.92 Å². The van der Waals surface area contributed by atoms with E-state index in [9.17, 15) is 4.79 Å². The number of aryl methyl sites for hydroxylation is 1. The zero-order valence-corrected chi connectivity index (χ0v) is 20.1. The number of likely N-dealkylation sites (tertiary alicyclic amines) is 1. The van der Waals surface area contributed by atoms with Crippen LogP contribution in [0.5, 0.6) is 0 Å². The molecule has 1 atom stereocenters. The summed E-state index contributed by atoms with van der Waals surface area (Å²) in [4.78, 5) is 15.2. The van der Waals surface area contributed by atoms with Gasteiger partial charge in [-0.1, -0.05) is 64.8 Å². The number of aromatic nitrogens is 3. The molecule has 1 aliphatic rings. The Morgan fingerprint density at radius 3 is 2.81 bits per heavy atom. The second kappa shape index (κ2) is 10.1. The highest BCUT2D eigenvalue weighted by atomic mass is 35.5. The van der Waals surface area contributed by atoms with E-state index in [4.69, 9.17) is 23.2 Å². The molecule has 0 saturated carbocycles. The van der Waals surface area contributed by atoms with Gasteiger partial charge in [-0.15, -0.1) is 16.8 Å². The van der Waals surface area contributed by atoms with Crippen LogP contribution in [0.15, 0.2) is 60.3 Å². The van der Waals surface area contributed by atoms with E-state index < -0.39 is 0 Å². The van der Waals surface area contributed by atoms with Crippen molar-refractivity contribution in [3.63, 3.8) is 0 Å². The third-order valence-electron chi connectivity index (χ3n) is 5.49. The lowest BCUT2D eigenvalue weighted by atomic mass is 10.1. The van der Waals surface area contributed by atoms with Gasteiger partial charge in [0.05, 0.1) is 16.1 Å². The van der Waals surface area contributed by atoms with E-state index in [1.165, 1.54) is 0 Å². The normalized spacial score (nSPS) is 15.8. The molecule has 0 aliphatic carbocycles. The van der Waals surface area contributed by atoms with Crippen molar-refractivity contribution >= 4 is 40.9 Å². The van der Waals surface area contributed by atoms with Crippen LogP contribution < -0.4 is 0 Å². The van der Waals surface area contributed by atoms with E-state index in [2.05, 4.69) is 21.3 Å². The first kappa shape index (κ1) is 22.9. The van der Waals surface area contributed by atoms with E-state index in [0.717, 1.165) is 34.9 Å². The maximum Gasteiger partial charge on any atom is 0.254 e. The Bertz CT molecular complexity index is 1150. The summed E-state index contributed by atoms with van der Waals surface area (Å²) in [5.74, 6) is 1.53. The standard InChI is InChI=1S/C24H24Cl2N4OS/c1-3-11-30-22(27-28-24(30)32-15-17-9-10-19(25)20(26)14-17)21-8-5-12-29(21)23(31)18-7-4-6-16(2)13-18/h3-4,6-7,9-10,13-14,21H,1,5,8,11-12,15H2,2H3. The van der Waals surface area contributed by atoms with Gasteiger partial charge in [0.1, 0.15) is 0 Å². The maximum atomic E-state index is 13.2. The minimum atomic E-state index is -0.102. The van der Waals surface area contributed by atoms with Crippen molar-refractivity contribution in [2.24, 2.45) is 0 Å². The highest BCUT2D eigenvalue weighted by molar-refractivity contribution is 7.98. The van der Waals surface area contributed by atoms with Crippen LogP contribution >= 0.6 is 35.0 Å². The molecule has 1 aromatic heterocycles. The lowest BCUT2D eigenvalue weighted by molar-refractivity contribution is 0.0727. The topological polar surface area (TPSA) is 51.0 Å². The predicted molar refractivity (Wildman–Crippen MR) is 130 cm³/mol. The first-order chi connectivity index (χ1) is 15.5. The van der Waals surface area contributed by atoms with Gasteiger partial charge in [0.2, 0.25) is 0 Å². The number of carbonyl (C=O) groups is 1. The molecule has 166 valence electrons. The van der Waals surface area contributed by atoms with Gasteiger partial charge in [-0.25, -0.2) is 0 Å². The molecule has 1 unspecified atom stereocenters. The van der Waals surface area contributed by atoms with E-state index in [1.807, 2.05) is 54.3 Å². The molecule has 3 aromatic rings. The smallest absolute Gasteiger partial charge is 0.254 e. The summed E-state index contributed by atoms with van der Waals surface area (Å²) < 4.78 is 2.06. The number of thioether (sulfide) groups is 1. The van der Waals surface area contributed by atoms with Crippen molar-refractivity contribution in [2.45, 2.75) is 43.3 Å². The Morgan fingerprint density at radius 2 is 2.06 bits per heavy atom. The Kier molecular flexibility index (Phi) is 7.23. The zero-order valence-electron chi connectivity index (χ0n) is 17.8. The Labute approximate surface area is 202 Å². The summed E-state index contributed by atoms with van der Waals surface area (Å²) in [6.45, 7) is 7.18. The van der Waals surface area contributed by atoms with Gasteiger partial charge in [0.25, 0.3) is 5.91 Å². The number of allylic oxidation sites excluding steroid dienone is 1. The van der Waals surface area contributed by atoms with Gasteiger partial charge in [-0.2, -0.15) is 0 Å². The van der Waals surface area contributed by atoms with Gasteiger partial charge in [0, 0.05) is 24.4 Å². The SMILES string of the molecule is C=CCn1c(SCc2ccc(Cl)c(Cl)c2)nnc1C1CCCN1C(=O)c1cccc(C)c1. The van der Waals surface area contributed by atoms with Crippen molar-refractivity contribution in [1.29, 1.82) is 0 Å². The fraction of sp³-hybridized carbons (Fsp3) is 0.292. The van der Waals surface area contributed by atoms with Crippen LogP contribution in [-0.2, 0) is 12.3 Å². The van der Waals surface area contributed by atoms with E-state index >= 15 is 0 Å². The lowest BCUT2D eigenvalue weighted by Crippen LogP contribution is -2.32. The minimum Gasteiger partial charge on any atom is -0.328 e. The summed E-state index contributed by atoms with van der Waals surface area (Å²) in [5, 5.41) is 10.8. The van der Waals surface area contributed by atoms with E-state index in [0.29, 0.717) is 34.5 Å². The van der Waals surface area contributed by atoms with E-state index in [1.54, 1.807) is 17.8 Å². The number of hydrogen-bond donors (Lipinski definition) is 0. The summed E-state index contributed by atoms with van der Waals surface area (Å²) in [7, 11) is 0. The third kappa shape index (κ3) is 4.87. The molecule has 1 amide bonds. The molecule has 0 bridgehead atoms. The zero-order chi connectivity index (χ0) is 22.7. The molecule has 1 saturated heterocycles. The molecule has 2 aromatic carbocycles. The fourth-order valence-electron chi connectivity index (χ4n) is 3.95. The van der Waals surface area contributed by atoms with Gasteiger partial charge < -0.3 is 9.47 Å². The molecule has 1 aliphatic heterocycles. The number of carbonyl (C=O) groups excluding carboxylic acids is 1. The van der Waals surface area contributed by atoms with E-state index in [-0.39, 0.29) is 11.9 Å². The van der Waals surface area contributed by atoms with Crippen LogP contribution in [0.1, 0.15) is 46.2 Å². The highest BCUT2D eigenvalue weighted by Gasteiger charge is 2.34. The second-order valence-corrected chi connectivity index (χ2v) is 9.56. The molecule has 2 heterocycles. The number of amides is 1. The van der Waals surface area contributed by atoms with Crippen LogP contribution in [0.25, 0.3) is 0 Å². The van der Waals surface area contributed by atoms with Crippen LogP contribution in [0.4, 0.5) is 0 Å². The first-order valence-corrected chi connectivity index (χ1v) is 12.2. The summed E-state index contributed by atoms with van der Waals surface area (Å²) in [6.07, 6.45) is 3.64. The lowest BCUT2D eigenvalue weighted by Gasteiger charge is -2.25. The molecule has 32 heavy (non-hydrogen) atoms. The minimum absolute atomic E-state index is 0.0364. The summed E-state index contributed by atoms with van der Waals surface area (Å²) >= 11 is 13.8. The molecule has 0 N–H and O–H groups in total. The van der Waals surface area contributed by atoms with Crippen LogP contribution in [0.3, 0.4) is 0 Å².